The maximum Gasteiger partial charge on any atom is 0.221 e. The van der Waals surface area contributed by atoms with Crippen LogP contribution >= 0.6 is 15.9 Å². The van der Waals surface area contributed by atoms with Crippen molar-refractivity contribution in [2.45, 2.75) is 13.5 Å². The van der Waals surface area contributed by atoms with Gasteiger partial charge in [-0.15, -0.1) is 0 Å². The van der Waals surface area contributed by atoms with Gasteiger partial charge in [-0.1, -0.05) is 34.1 Å². The Morgan fingerprint density at radius 3 is 2.70 bits per heavy atom. The van der Waals surface area contributed by atoms with E-state index in [9.17, 15) is 4.79 Å². The number of carbonyl (C=O) groups is 1. The van der Waals surface area contributed by atoms with Crippen molar-refractivity contribution in [1.29, 1.82) is 0 Å². The quantitative estimate of drug-likeness (QED) is 0.896. The van der Waals surface area contributed by atoms with Crippen LogP contribution in [0.3, 0.4) is 0 Å². The lowest BCUT2D eigenvalue weighted by molar-refractivity contribution is -0.114. The van der Waals surface area contributed by atoms with Crippen LogP contribution in [0.25, 0.3) is 0 Å². The Kier molecular flexibility index (Phi) is 4.76. The summed E-state index contributed by atoms with van der Waals surface area (Å²) in [5.74, 6) is 1.13. The van der Waals surface area contributed by atoms with Gasteiger partial charge >= 0.3 is 0 Å². The van der Waals surface area contributed by atoms with Crippen molar-refractivity contribution >= 4 is 27.5 Å². The predicted octanol–water partition coefficient (Wildman–Crippen LogP) is 3.66. The molecule has 0 radical (unpaired) electrons. The van der Waals surface area contributed by atoms with E-state index in [1.807, 2.05) is 30.3 Å². The van der Waals surface area contributed by atoms with Gasteiger partial charge in [0.05, 0.1) is 5.69 Å². The zero-order valence-corrected chi connectivity index (χ0v) is 12.6. The lowest BCUT2D eigenvalue weighted by atomic mass is 10.2. The Hall–Kier alpha value is -1.85. The summed E-state index contributed by atoms with van der Waals surface area (Å²) < 4.78 is 6.70. The van der Waals surface area contributed by atoms with E-state index in [2.05, 4.69) is 21.2 Å². The number of carbonyl (C=O) groups excluding carboxylic acids is 1. The first-order chi connectivity index (χ1) is 9.60. The average molecular weight is 335 g/mol. The minimum atomic E-state index is -0.138. The molecule has 4 nitrogen and oxygen atoms in total. The fraction of sp³-hybridized carbons (Fsp3) is 0.133. The van der Waals surface area contributed by atoms with Crippen LogP contribution in [0, 0.1) is 0 Å². The second-order valence-electron chi connectivity index (χ2n) is 4.24. The third-order valence-electron chi connectivity index (χ3n) is 2.67. The fourth-order valence-electron chi connectivity index (χ4n) is 1.73. The van der Waals surface area contributed by atoms with Crippen LogP contribution in [0.2, 0.25) is 0 Å². The van der Waals surface area contributed by atoms with Gasteiger partial charge in [0.15, 0.2) is 5.75 Å². The molecule has 2 aromatic carbocycles. The summed E-state index contributed by atoms with van der Waals surface area (Å²) in [5, 5.41) is 2.74. The maximum atomic E-state index is 11.2. The number of benzene rings is 2. The van der Waals surface area contributed by atoms with Crippen molar-refractivity contribution in [3.05, 3.63) is 52.5 Å². The van der Waals surface area contributed by atoms with Crippen LogP contribution in [-0.2, 0) is 11.3 Å². The van der Waals surface area contributed by atoms with Gasteiger partial charge in [-0.2, -0.15) is 0 Å². The Morgan fingerprint density at radius 2 is 2.05 bits per heavy atom. The molecule has 2 rings (SSSR count). The van der Waals surface area contributed by atoms with E-state index in [1.165, 1.54) is 6.92 Å². The lowest BCUT2D eigenvalue weighted by Crippen LogP contribution is -2.06. The number of para-hydroxylation sites is 2. The molecular weight excluding hydrogens is 320 g/mol. The van der Waals surface area contributed by atoms with Gasteiger partial charge in [0.1, 0.15) is 5.75 Å². The van der Waals surface area contributed by atoms with Gasteiger partial charge in [-0.05, 0) is 29.8 Å². The highest BCUT2D eigenvalue weighted by atomic mass is 79.9. The highest BCUT2D eigenvalue weighted by molar-refractivity contribution is 9.10. The normalized spacial score (nSPS) is 10.2. The molecule has 0 fully saturated rings. The van der Waals surface area contributed by atoms with Crippen molar-refractivity contribution < 1.29 is 9.53 Å². The Balaban J connectivity index is 2.25. The molecule has 0 aliphatic heterocycles. The van der Waals surface area contributed by atoms with Crippen LogP contribution < -0.4 is 15.8 Å². The highest BCUT2D eigenvalue weighted by Gasteiger charge is 2.07. The third kappa shape index (κ3) is 3.59. The molecule has 0 bridgehead atoms. The summed E-state index contributed by atoms with van der Waals surface area (Å²) in [6.07, 6.45) is 0. The number of rotatable bonds is 4. The minimum absolute atomic E-state index is 0.138. The van der Waals surface area contributed by atoms with E-state index in [1.54, 1.807) is 12.1 Å². The molecule has 3 N–H and O–H groups in total. The number of nitrogens with two attached hydrogens (primary N) is 1. The maximum absolute atomic E-state index is 11.2. The van der Waals surface area contributed by atoms with E-state index < -0.39 is 0 Å². The van der Waals surface area contributed by atoms with E-state index in [4.69, 9.17) is 10.5 Å². The van der Waals surface area contributed by atoms with Crippen molar-refractivity contribution in [3.8, 4) is 11.5 Å². The number of hydrogen-bond donors (Lipinski definition) is 2. The van der Waals surface area contributed by atoms with E-state index >= 15 is 0 Å². The molecule has 5 heteroatoms. The molecular formula is C15H15BrN2O2. The molecule has 2 aromatic rings. The van der Waals surface area contributed by atoms with E-state index in [0.29, 0.717) is 23.7 Å². The topological polar surface area (TPSA) is 64.3 Å². The molecule has 0 heterocycles. The first-order valence-electron chi connectivity index (χ1n) is 6.13. The van der Waals surface area contributed by atoms with Crippen molar-refractivity contribution in [3.63, 3.8) is 0 Å². The molecule has 0 aliphatic carbocycles. The first-order valence-corrected chi connectivity index (χ1v) is 6.92. The number of amides is 1. The SMILES string of the molecule is CC(=O)Nc1ccccc1Oc1ccc(CN)c(Br)c1. The van der Waals surface area contributed by atoms with E-state index in [0.717, 1.165) is 10.0 Å². The number of ether oxygens (including phenoxy) is 1. The molecule has 0 saturated heterocycles. The van der Waals surface area contributed by atoms with Crippen LogP contribution in [0.1, 0.15) is 12.5 Å². The molecule has 20 heavy (non-hydrogen) atoms. The van der Waals surface area contributed by atoms with Crippen LogP contribution in [0.15, 0.2) is 46.9 Å². The number of anilines is 1. The number of nitrogens with one attached hydrogen (secondary N) is 1. The van der Waals surface area contributed by atoms with Crippen LogP contribution in [0.4, 0.5) is 5.69 Å². The molecule has 0 aliphatic rings. The minimum Gasteiger partial charge on any atom is -0.455 e. The van der Waals surface area contributed by atoms with Gasteiger partial charge in [0.25, 0.3) is 0 Å². The summed E-state index contributed by atoms with van der Waals surface area (Å²) in [5.41, 5.74) is 7.26. The summed E-state index contributed by atoms with van der Waals surface area (Å²) in [7, 11) is 0. The average Bonchev–Trinajstić information content (AvgIpc) is 2.41. The zero-order chi connectivity index (χ0) is 14.5. The monoisotopic (exact) mass is 334 g/mol. The predicted molar refractivity (Wildman–Crippen MR) is 82.9 cm³/mol. The molecule has 0 aromatic heterocycles. The lowest BCUT2D eigenvalue weighted by Gasteiger charge is -2.12. The fourth-order valence-corrected chi connectivity index (χ4v) is 2.25. The van der Waals surface area contributed by atoms with E-state index in [-0.39, 0.29) is 5.91 Å². The Labute approximate surface area is 126 Å². The summed E-state index contributed by atoms with van der Waals surface area (Å²) in [4.78, 5) is 11.2. The van der Waals surface area contributed by atoms with Crippen molar-refractivity contribution in [2.75, 3.05) is 5.32 Å². The van der Waals surface area contributed by atoms with Gasteiger partial charge in [0.2, 0.25) is 5.91 Å². The Bertz CT molecular complexity index is 629. The van der Waals surface area contributed by atoms with Gasteiger partial charge in [0, 0.05) is 17.9 Å². The second-order valence-corrected chi connectivity index (χ2v) is 5.09. The van der Waals surface area contributed by atoms with Gasteiger partial charge < -0.3 is 15.8 Å². The van der Waals surface area contributed by atoms with Gasteiger partial charge in [-0.3, -0.25) is 4.79 Å². The van der Waals surface area contributed by atoms with Crippen molar-refractivity contribution in [2.24, 2.45) is 5.73 Å². The molecule has 0 atom stereocenters. The second kappa shape index (κ2) is 6.54. The molecule has 0 saturated carbocycles. The van der Waals surface area contributed by atoms with Crippen LogP contribution in [-0.4, -0.2) is 5.91 Å². The summed E-state index contributed by atoms with van der Waals surface area (Å²) >= 11 is 3.45. The summed E-state index contributed by atoms with van der Waals surface area (Å²) in [6.45, 7) is 1.92. The standard InChI is InChI=1S/C15H15BrN2O2/c1-10(19)18-14-4-2-3-5-15(14)20-12-7-6-11(9-17)13(16)8-12/h2-8H,9,17H2,1H3,(H,18,19). The molecule has 0 spiro atoms. The molecule has 104 valence electrons. The number of hydrogen-bond acceptors (Lipinski definition) is 3. The first kappa shape index (κ1) is 14.6. The summed E-state index contributed by atoms with van der Waals surface area (Å²) in [6, 6.07) is 12.9. The zero-order valence-electron chi connectivity index (χ0n) is 11.0. The van der Waals surface area contributed by atoms with Gasteiger partial charge in [-0.25, -0.2) is 0 Å². The highest BCUT2D eigenvalue weighted by Crippen LogP contribution is 2.31. The largest absolute Gasteiger partial charge is 0.455 e. The number of halogens is 1. The Morgan fingerprint density at radius 1 is 1.30 bits per heavy atom. The molecule has 0 unspecified atom stereocenters. The van der Waals surface area contributed by atoms with Crippen LogP contribution in [0.5, 0.6) is 11.5 Å². The third-order valence-corrected chi connectivity index (χ3v) is 3.41. The smallest absolute Gasteiger partial charge is 0.221 e. The van der Waals surface area contributed by atoms with Crippen molar-refractivity contribution in [1.82, 2.24) is 0 Å². The molecule has 1 amide bonds.